The van der Waals surface area contributed by atoms with Gasteiger partial charge in [0.15, 0.2) is 0 Å². The Balaban J connectivity index is 1.73. The van der Waals surface area contributed by atoms with Gasteiger partial charge in [0.05, 0.1) is 18.5 Å². The van der Waals surface area contributed by atoms with Crippen LogP contribution in [0.4, 0.5) is 0 Å². The molecule has 216 valence electrons. The molecule has 9 N–H and O–H groups in total. The summed E-state index contributed by atoms with van der Waals surface area (Å²) in [6.07, 6.45) is 3.69. The number of carboxylic acids is 1. The number of aliphatic carboxylic acids is 1. The topological polar surface area (TPSA) is 215 Å². The number of nitrogens with zero attached hydrogens (tertiary/aromatic N) is 1. The maximum absolute atomic E-state index is 13.3. The van der Waals surface area contributed by atoms with E-state index in [1.54, 1.807) is 6.20 Å². The monoisotopic (exact) mass is 555 g/mol. The number of para-hydroxylation sites is 1. The molecule has 13 heteroatoms. The van der Waals surface area contributed by atoms with Gasteiger partial charge in [-0.2, -0.15) is 0 Å². The van der Waals surface area contributed by atoms with Gasteiger partial charge in [-0.25, -0.2) is 9.78 Å². The summed E-state index contributed by atoms with van der Waals surface area (Å²) in [7, 11) is 0. The Morgan fingerprint density at radius 3 is 2.27 bits per heavy atom. The van der Waals surface area contributed by atoms with Crippen molar-refractivity contribution in [1.29, 1.82) is 0 Å². The van der Waals surface area contributed by atoms with Crippen molar-refractivity contribution in [3.63, 3.8) is 0 Å². The standard InChI is InChI=1S/C27H37N7O6/c1-14(2)8-22(27(39)40)33-26(38)23(15(3)35)34-25(37)21(10-17-12-29-13-31-17)32-24(36)19(28)9-16-11-30-20-7-5-4-6-18(16)20/h4-7,11-15,19,21-23,30,35H,8-10,28H2,1-3H3,(H,29,31)(H,32,36)(H,33,38)(H,34,37)(H,39,40). The number of carbonyl (C=O) groups excluding carboxylic acids is 3. The van der Waals surface area contributed by atoms with Gasteiger partial charge < -0.3 is 41.9 Å². The largest absolute Gasteiger partial charge is 0.480 e. The van der Waals surface area contributed by atoms with Gasteiger partial charge in [0.25, 0.3) is 0 Å². The summed E-state index contributed by atoms with van der Waals surface area (Å²) in [5, 5.41) is 28.1. The number of amides is 3. The van der Waals surface area contributed by atoms with Crippen molar-refractivity contribution in [2.45, 2.75) is 70.3 Å². The summed E-state index contributed by atoms with van der Waals surface area (Å²) in [5.74, 6) is -3.47. The highest BCUT2D eigenvalue weighted by Gasteiger charge is 2.33. The van der Waals surface area contributed by atoms with Gasteiger partial charge in [0, 0.05) is 35.4 Å². The van der Waals surface area contributed by atoms with Crippen LogP contribution < -0.4 is 21.7 Å². The second-order valence-electron chi connectivity index (χ2n) is 10.3. The zero-order chi connectivity index (χ0) is 29.4. The number of aromatic amines is 2. The Kier molecular flexibility index (Phi) is 10.4. The molecule has 2 aromatic heterocycles. The van der Waals surface area contributed by atoms with Crippen molar-refractivity contribution >= 4 is 34.6 Å². The number of aliphatic hydroxyl groups excluding tert-OH is 1. The zero-order valence-electron chi connectivity index (χ0n) is 22.7. The van der Waals surface area contributed by atoms with E-state index in [0.717, 1.165) is 16.5 Å². The van der Waals surface area contributed by atoms with Crippen LogP contribution in [0.25, 0.3) is 10.9 Å². The molecule has 0 aliphatic rings. The number of nitrogens with one attached hydrogen (secondary N) is 5. The molecule has 3 amide bonds. The van der Waals surface area contributed by atoms with Gasteiger partial charge in [-0.05, 0) is 37.3 Å². The van der Waals surface area contributed by atoms with Gasteiger partial charge in [-0.1, -0.05) is 32.0 Å². The maximum atomic E-state index is 13.3. The molecule has 0 saturated carbocycles. The molecule has 0 spiro atoms. The molecule has 0 bridgehead atoms. The first-order chi connectivity index (χ1) is 19.0. The number of nitrogens with two attached hydrogens (primary N) is 1. The smallest absolute Gasteiger partial charge is 0.326 e. The predicted octanol–water partition coefficient (Wildman–Crippen LogP) is -0.0306. The van der Waals surface area contributed by atoms with Crippen LogP contribution in [0, 0.1) is 5.92 Å². The third-order valence-electron chi connectivity index (χ3n) is 6.45. The van der Waals surface area contributed by atoms with Crippen molar-refractivity contribution in [1.82, 2.24) is 30.9 Å². The lowest BCUT2D eigenvalue weighted by Gasteiger charge is -2.26. The molecule has 0 fully saturated rings. The summed E-state index contributed by atoms with van der Waals surface area (Å²) < 4.78 is 0. The number of H-pyrrole nitrogens is 2. The number of aliphatic hydroxyl groups is 1. The van der Waals surface area contributed by atoms with Crippen LogP contribution in [0.5, 0.6) is 0 Å². The Hall–Kier alpha value is -4.23. The molecule has 0 saturated heterocycles. The third-order valence-corrected chi connectivity index (χ3v) is 6.45. The minimum atomic E-state index is -1.47. The first-order valence-corrected chi connectivity index (χ1v) is 13.1. The Morgan fingerprint density at radius 2 is 1.65 bits per heavy atom. The van der Waals surface area contributed by atoms with Crippen molar-refractivity contribution in [2.24, 2.45) is 11.7 Å². The van der Waals surface area contributed by atoms with Crippen LogP contribution in [0.1, 0.15) is 38.4 Å². The van der Waals surface area contributed by atoms with E-state index in [1.165, 1.54) is 19.4 Å². The average Bonchev–Trinajstić information content (AvgIpc) is 3.55. The fourth-order valence-corrected chi connectivity index (χ4v) is 4.35. The van der Waals surface area contributed by atoms with E-state index in [0.29, 0.717) is 5.69 Å². The number of carbonyl (C=O) groups is 4. The molecule has 13 nitrogen and oxygen atoms in total. The quantitative estimate of drug-likeness (QED) is 0.135. The van der Waals surface area contributed by atoms with Crippen molar-refractivity contribution in [3.05, 3.63) is 54.2 Å². The number of carboxylic acid groups (broad SMARTS) is 1. The highest BCUT2D eigenvalue weighted by molar-refractivity contribution is 5.94. The van der Waals surface area contributed by atoms with E-state index in [9.17, 15) is 29.4 Å². The fourth-order valence-electron chi connectivity index (χ4n) is 4.35. The molecule has 2 heterocycles. The molecular formula is C27H37N7O6. The SMILES string of the molecule is CC(C)CC(NC(=O)C(NC(=O)C(Cc1cnc[nH]1)NC(=O)C(N)Cc1c[nH]c2ccccc12)C(C)O)C(=O)O. The molecule has 0 aliphatic carbocycles. The number of imidazole rings is 1. The van der Waals surface area contributed by atoms with Crippen molar-refractivity contribution < 1.29 is 29.4 Å². The lowest BCUT2D eigenvalue weighted by Crippen LogP contribution is -2.60. The normalized spacial score (nSPS) is 15.2. The van der Waals surface area contributed by atoms with E-state index in [1.807, 2.05) is 38.1 Å². The average molecular weight is 556 g/mol. The molecule has 1 aromatic carbocycles. The van der Waals surface area contributed by atoms with Crippen LogP contribution in [-0.4, -0.2) is 79.1 Å². The zero-order valence-corrected chi connectivity index (χ0v) is 22.7. The Morgan fingerprint density at radius 1 is 0.950 bits per heavy atom. The number of benzene rings is 1. The second-order valence-corrected chi connectivity index (χ2v) is 10.3. The van der Waals surface area contributed by atoms with Crippen LogP contribution in [0.15, 0.2) is 43.0 Å². The number of rotatable bonds is 14. The highest BCUT2D eigenvalue weighted by Crippen LogP contribution is 2.19. The number of hydrogen-bond acceptors (Lipinski definition) is 7. The fraction of sp³-hybridized carbons (Fsp3) is 0.444. The van der Waals surface area contributed by atoms with Crippen LogP contribution in [-0.2, 0) is 32.0 Å². The van der Waals surface area contributed by atoms with Gasteiger partial charge in [-0.3, -0.25) is 14.4 Å². The minimum Gasteiger partial charge on any atom is -0.480 e. The highest BCUT2D eigenvalue weighted by atomic mass is 16.4. The summed E-state index contributed by atoms with van der Waals surface area (Å²) in [6, 6.07) is 2.76. The van der Waals surface area contributed by atoms with Crippen LogP contribution in [0.2, 0.25) is 0 Å². The van der Waals surface area contributed by atoms with Gasteiger partial charge in [0.2, 0.25) is 17.7 Å². The van der Waals surface area contributed by atoms with E-state index < -0.39 is 54.0 Å². The second kappa shape index (κ2) is 13.7. The van der Waals surface area contributed by atoms with E-state index in [2.05, 4.69) is 30.9 Å². The predicted molar refractivity (Wildman–Crippen MR) is 147 cm³/mol. The Labute approximate surface area is 231 Å². The van der Waals surface area contributed by atoms with Gasteiger partial charge in [0.1, 0.15) is 18.1 Å². The first kappa shape index (κ1) is 30.3. The third kappa shape index (κ3) is 8.13. The lowest BCUT2D eigenvalue weighted by molar-refractivity contribution is -0.143. The lowest BCUT2D eigenvalue weighted by atomic mass is 10.0. The Bertz CT molecular complexity index is 1300. The first-order valence-electron chi connectivity index (χ1n) is 13.1. The molecule has 3 aromatic rings. The summed E-state index contributed by atoms with van der Waals surface area (Å²) in [5.41, 5.74) is 8.48. The summed E-state index contributed by atoms with van der Waals surface area (Å²) in [4.78, 5) is 60.8. The number of hydrogen-bond donors (Lipinski definition) is 8. The van der Waals surface area contributed by atoms with Crippen LogP contribution in [0.3, 0.4) is 0 Å². The molecular weight excluding hydrogens is 518 g/mol. The summed E-state index contributed by atoms with van der Waals surface area (Å²) >= 11 is 0. The van der Waals surface area contributed by atoms with Crippen LogP contribution >= 0.6 is 0 Å². The van der Waals surface area contributed by atoms with Crippen molar-refractivity contribution in [2.75, 3.05) is 0 Å². The van der Waals surface area contributed by atoms with Gasteiger partial charge >= 0.3 is 5.97 Å². The summed E-state index contributed by atoms with van der Waals surface area (Å²) in [6.45, 7) is 4.91. The molecule has 5 atom stereocenters. The molecule has 0 aliphatic heterocycles. The van der Waals surface area contributed by atoms with E-state index in [-0.39, 0.29) is 25.2 Å². The molecule has 5 unspecified atom stereocenters. The molecule has 3 rings (SSSR count). The molecule has 0 radical (unpaired) electrons. The van der Waals surface area contributed by atoms with Gasteiger partial charge in [-0.15, -0.1) is 0 Å². The maximum Gasteiger partial charge on any atom is 0.326 e. The number of aromatic nitrogens is 3. The van der Waals surface area contributed by atoms with E-state index in [4.69, 9.17) is 5.73 Å². The van der Waals surface area contributed by atoms with Crippen molar-refractivity contribution in [3.8, 4) is 0 Å². The minimum absolute atomic E-state index is 0.00335. The van der Waals surface area contributed by atoms with E-state index >= 15 is 0 Å². The number of fused-ring (bicyclic) bond motifs is 1. The molecule has 40 heavy (non-hydrogen) atoms.